The van der Waals surface area contributed by atoms with Gasteiger partial charge in [-0.25, -0.2) is 0 Å². The number of amides is 2. The van der Waals surface area contributed by atoms with Gasteiger partial charge < -0.3 is 15.2 Å². The zero-order valence-electron chi connectivity index (χ0n) is 16.1. The van der Waals surface area contributed by atoms with E-state index in [0.29, 0.717) is 22.5 Å². The highest BCUT2D eigenvalue weighted by Gasteiger charge is 2.28. The first kappa shape index (κ1) is 20.5. The minimum absolute atomic E-state index is 0.0580. The fourth-order valence-electron chi connectivity index (χ4n) is 2.97. The SMILES string of the molecule is C#CCNC(=O)C(=O)c1c(C)c(C(=O)Nc2ccc(C)c(C#N)c2)n(C)c1C. The zero-order valence-corrected chi connectivity index (χ0v) is 16.1. The van der Waals surface area contributed by atoms with Crippen LogP contribution < -0.4 is 10.6 Å². The van der Waals surface area contributed by atoms with Crippen LogP contribution >= 0.6 is 0 Å². The van der Waals surface area contributed by atoms with E-state index < -0.39 is 17.6 Å². The van der Waals surface area contributed by atoms with Crippen LogP contribution in [-0.2, 0) is 11.8 Å². The van der Waals surface area contributed by atoms with Crippen molar-refractivity contribution in [1.29, 1.82) is 5.26 Å². The number of anilines is 1. The lowest BCUT2D eigenvalue weighted by atomic mass is 10.0. The first-order valence-electron chi connectivity index (χ1n) is 8.46. The maximum absolute atomic E-state index is 12.8. The number of ketones is 1. The van der Waals surface area contributed by atoms with Crippen molar-refractivity contribution in [2.75, 3.05) is 11.9 Å². The van der Waals surface area contributed by atoms with Crippen molar-refractivity contribution in [2.24, 2.45) is 7.05 Å². The van der Waals surface area contributed by atoms with Crippen molar-refractivity contribution in [3.05, 3.63) is 51.8 Å². The van der Waals surface area contributed by atoms with Crippen molar-refractivity contribution in [1.82, 2.24) is 9.88 Å². The van der Waals surface area contributed by atoms with Crippen LogP contribution in [0.3, 0.4) is 0 Å². The number of aryl methyl sites for hydroxylation is 1. The van der Waals surface area contributed by atoms with E-state index in [1.54, 1.807) is 50.6 Å². The predicted octanol–water partition coefficient (Wildman–Crippen LogP) is 2.01. The van der Waals surface area contributed by atoms with Gasteiger partial charge in [-0.1, -0.05) is 12.0 Å². The lowest BCUT2D eigenvalue weighted by Crippen LogP contribution is -2.31. The number of aromatic nitrogens is 1. The molecule has 142 valence electrons. The monoisotopic (exact) mass is 376 g/mol. The smallest absolute Gasteiger partial charge is 0.293 e. The average Bonchev–Trinajstić information content (AvgIpc) is 2.89. The molecular formula is C21H20N4O3. The Morgan fingerprint density at radius 3 is 2.50 bits per heavy atom. The average molecular weight is 376 g/mol. The van der Waals surface area contributed by atoms with Gasteiger partial charge in [-0.3, -0.25) is 14.4 Å². The van der Waals surface area contributed by atoms with Gasteiger partial charge in [0.25, 0.3) is 17.6 Å². The molecule has 28 heavy (non-hydrogen) atoms. The second kappa shape index (κ2) is 8.24. The van der Waals surface area contributed by atoms with Crippen molar-refractivity contribution >= 4 is 23.3 Å². The van der Waals surface area contributed by atoms with Gasteiger partial charge in [0.05, 0.1) is 23.7 Å². The Morgan fingerprint density at radius 2 is 1.89 bits per heavy atom. The third-order valence-corrected chi connectivity index (χ3v) is 4.55. The molecule has 0 atom stereocenters. The van der Waals surface area contributed by atoms with Crippen LogP contribution in [-0.4, -0.2) is 28.7 Å². The Labute approximate surface area is 163 Å². The standard InChI is InChI=1S/C21H20N4O3/c1-6-9-23-21(28)19(26)17-13(3)18(25(5)14(17)4)20(27)24-16-8-7-12(2)15(10-16)11-22/h1,7-8,10H,9H2,2-5H3,(H,23,28)(H,24,27). The van der Waals surface area contributed by atoms with Crippen LogP contribution in [0.1, 0.15) is 43.2 Å². The third kappa shape index (κ3) is 3.79. The summed E-state index contributed by atoms with van der Waals surface area (Å²) in [6.07, 6.45) is 5.09. The number of hydrogen-bond acceptors (Lipinski definition) is 4. The lowest BCUT2D eigenvalue weighted by Gasteiger charge is -2.09. The predicted molar refractivity (Wildman–Crippen MR) is 105 cm³/mol. The summed E-state index contributed by atoms with van der Waals surface area (Å²) >= 11 is 0. The maximum atomic E-state index is 12.8. The summed E-state index contributed by atoms with van der Waals surface area (Å²) in [4.78, 5) is 37.3. The third-order valence-electron chi connectivity index (χ3n) is 4.55. The Morgan fingerprint density at radius 1 is 1.21 bits per heavy atom. The molecule has 1 aromatic carbocycles. The Kier molecular flexibility index (Phi) is 6.02. The van der Waals surface area contributed by atoms with E-state index in [0.717, 1.165) is 5.56 Å². The number of carbonyl (C=O) groups is 3. The fraction of sp³-hybridized carbons (Fsp3) is 0.238. The van der Waals surface area contributed by atoms with E-state index in [9.17, 15) is 14.4 Å². The molecule has 2 aromatic rings. The van der Waals surface area contributed by atoms with Gasteiger partial charge in [-0.15, -0.1) is 6.42 Å². The van der Waals surface area contributed by atoms with Gasteiger partial charge in [0.1, 0.15) is 5.69 Å². The van der Waals surface area contributed by atoms with Crippen molar-refractivity contribution < 1.29 is 14.4 Å². The summed E-state index contributed by atoms with van der Waals surface area (Å²) in [6, 6.07) is 7.08. The molecule has 0 saturated carbocycles. The van der Waals surface area contributed by atoms with Crippen LogP contribution in [0.15, 0.2) is 18.2 Å². The number of Topliss-reactive ketones (excluding diaryl/α,β-unsaturated/α-hetero) is 1. The number of hydrogen-bond donors (Lipinski definition) is 2. The summed E-state index contributed by atoms with van der Waals surface area (Å²) in [5.74, 6) is 0.219. The molecule has 1 heterocycles. The van der Waals surface area contributed by atoms with Crippen molar-refractivity contribution in [2.45, 2.75) is 20.8 Å². The molecule has 0 aliphatic carbocycles. The number of nitriles is 1. The molecule has 0 fully saturated rings. The maximum Gasteiger partial charge on any atom is 0.293 e. The van der Waals surface area contributed by atoms with Gasteiger partial charge in [0.15, 0.2) is 0 Å². The Bertz CT molecular complexity index is 1060. The molecule has 7 heteroatoms. The summed E-state index contributed by atoms with van der Waals surface area (Å²) < 4.78 is 1.56. The molecular weight excluding hydrogens is 356 g/mol. The molecule has 0 spiro atoms. The Hall–Kier alpha value is -3.84. The molecule has 2 amide bonds. The van der Waals surface area contributed by atoms with Crippen LogP contribution in [0.4, 0.5) is 5.69 Å². The first-order chi connectivity index (χ1) is 13.2. The first-order valence-corrected chi connectivity index (χ1v) is 8.46. The van der Waals surface area contributed by atoms with E-state index in [2.05, 4.69) is 22.6 Å². The highest BCUT2D eigenvalue weighted by Crippen LogP contribution is 2.23. The number of terminal acetylenes is 1. The van der Waals surface area contributed by atoms with Gasteiger partial charge in [0, 0.05) is 18.4 Å². The van der Waals surface area contributed by atoms with Crippen LogP contribution in [0.2, 0.25) is 0 Å². The van der Waals surface area contributed by atoms with Gasteiger partial charge in [-0.2, -0.15) is 5.26 Å². The van der Waals surface area contributed by atoms with Gasteiger partial charge in [0.2, 0.25) is 0 Å². The molecule has 1 aromatic heterocycles. The quantitative estimate of drug-likeness (QED) is 0.473. The molecule has 2 rings (SSSR count). The van der Waals surface area contributed by atoms with Crippen molar-refractivity contribution in [3.8, 4) is 18.4 Å². The van der Waals surface area contributed by atoms with Gasteiger partial charge in [-0.05, 0) is 44.0 Å². The molecule has 7 nitrogen and oxygen atoms in total. The van der Waals surface area contributed by atoms with Crippen LogP contribution in [0.5, 0.6) is 0 Å². The molecule has 0 aliphatic heterocycles. The number of rotatable bonds is 5. The van der Waals surface area contributed by atoms with E-state index in [1.165, 1.54) is 0 Å². The number of nitrogens with one attached hydrogen (secondary N) is 2. The summed E-state index contributed by atoms with van der Waals surface area (Å²) in [7, 11) is 1.64. The highest BCUT2D eigenvalue weighted by atomic mass is 16.2. The number of benzene rings is 1. The minimum Gasteiger partial charge on any atom is -0.343 e. The van der Waals surface area contributed by atoms with Crippen LogP contribution in [0.25, 0.3) is 0 Å². The zero-order chi connectivity index (χ0) is 21.0. The highest BCUT2D eigenvalue weighted by molar-refractivity contribution is 6.43. The van der Waals surface area contributed by atoms with E-state index >= 15 is 0 Å². The minimum atomic E-state index is -0.820. The normalized spacial score (nSPS) is 9.93. The summed E-state index contributed by atoms with van der Waals surface area (Å²) in [5.41, 5.74) is 3.03. The second-order valence-corrected chi connectivity index (χ2v) is 6.30. The number of nitrogens with zero attached hydrogens (tertiary/aromatic N) is 2. The van der Waals surface area contributed by atoms with Crippen molar-refractivity contribution in [3.63, 3.8) is 0 Å². The van der Waals surface area contributed by atoms with E-state index in [-0.39, 0.29) is 17.8 Å². The van der Waals surface area contributed by atoms with Gasteiger partial charge >= 0.3 is 0 Å². The second-order valence-electron chi connectivity index (χ2n) is 6.30. The molecule has 2 N–H and O–H groups in total. The topological polar surface area (TPSA) is 104 Å². The molecule has 0 aliphatic rings. The molecule has 0 saturated heterocycles. The lowest BCUT2D eigenvalue weighted by molar-refractivity contribution is -0.116. The molecule has 0 unspecified atom stereocenters. The number of carbonyl (C=O) groups excluding carboxylic acids is 3. The summed E-state index contributed by atoms with van der Waals surface area (Å²) in [5, 5.41) is 14.2. The Balaban J connectivity index is 2.38. The molecule has 0 bridgehead atoms. The van der Waals surface area contributed by atoms with E-state index in [1.807, 2.05) is 0 Å². The van der Waals surface area contributed by atoms with Crippen LogP contribution in [0, 0.1) is 44.4 Å². The largest absolute Gasteiger partial charge is 0.343 e. The summed E-state index contributed by atoms with van der Waals surface area (Å²) in [6.45, 7) is 5.01. The molecule has 0 radical (unpaired) electrons. The van der Waals surface area contributed by atoms with E-state index in [4.69, 9.17) is 11.7 Å². The fourth-order valence-corrected chi connectivity index (χ4v) is 2.97.